The molecule has 3 rings (SSSR count). The van der Waals surface area contributed by atoms with Crippen LogP contribution >= 0.6 is 0 Å². The second-order valence-corrected chi connectivity index (χ2v) is 6.87. The first-order valence-electron chi connectivity index (χ1n) is 8.35. The van der Waals surface area contributed by atoms with Crippen molar-refractivity contribution < 1.29 is 14.6 Å². The van der Waals surface area contributed by atoms with Crippen LogP contribution in [0.15, 0.2) is 24.3 Å². The zero-order valence-corrected chi connectivity index (χ0v) is 13.5. The third kappa shape index (κ3) is 4.22. The number of aryl methyl sites for hydroxylation is 1. The average molecular weight is 305 g/mol. The number of nitrogens with zero attached hydrogens (tertiary/aromatic N) is 1. The van der Waals surface area contributed by atoms with E-state index in [-0.39, 0.29) is 0 Å². The number of β-amino-alcohol motifs (C(OH)–C–C–N with tert-alkyl or cyclic N) is 1. The van der Waals surface area contributed by atoms with Crippen LogP contribution in [-0.4, -0.2) is 55.1 Å². The van der Waals surface area contributed by atoms with Crippen LogP contribution in [-0.2, 0) is 4.74 Å². The molecule has 1 atom stereocenters. The molecule has 0 aromatic heterocycles. The number of hydrogen-bond acceptors (Lipinski definition) is 4. The van der Waals surface area contributed by atoms with Gasteiger partial charge >= 0.3 is 0 Å². The van der Waals surface area contributed by atoms with Crippen LogP contribution in [0, 0.1) is 12.8 Å². The van der Waals surface area contributed by atoms with Gasteiger partial charge in [-0.05, 0) is 49.8 Å². The van der Waals surface area contributed by atoms with E-state index in [2.05, 4.69) is 4.90 Å². The number of aliphatic hydroxyl groups is 1. The molecule has 2 saturated heterocycles. The smallest absolute Gasteiger partial charge is 0.119 e. The normalized spacial score (nSPS) is 27.2. The molecular formula is C18H27NO3. The number of likely N-dealkylation sites (tertiary alicyclic amines) is 1. The molecule has 0 radical (unpaired) electrons. The minimum Gasteiger partial charge on any atom is -0.491 e. The van der Waals surface area contributed by atoms with Crippen LogP contribution < -0.4 is 4.74 Å². The predicted octanol–water partition coefficient (Wildman–Crippen LogP) is 2.24. The first kappa shape index (κ1) is 15.8. The summed E-state index contributed by atoms with van der Waals surface area (Å²) in [5, 5.41) is 10.7. The highest BCUT2D eigenvalue weighted by Crippen LogP contribution is 2.26. The monoisotopic (exact) mass is 305 g/mol. The van der Waals surface area contributed by atoms with Crippen molar-refractivity contribution in [2.45, 2.75) is 31.8 Å². The second kappa shape index (κ2) is 6.99. The molecule has 2 heterocycles. The van der Waals surface area contributed by atoms with E-state index in [1.807, 2.05) is 31.2 Å². The Hall–Kier alpha value is -1.10. The fraction of sp³-hybridized carbons (Fsp3) is 0.667. The molecule has 0 spiro atoms. The van der Waals surface area contributed by atoms with Gasteiger partial charge in [-0.3, -0.25) is 4.90 Å². The Morgan fingerprint density at radius 3 is 2.95 bits per heavy atom. The fourth-order valence-corrected chi connectivity index (χ4v) is 3.43. The van der Waals surface area contributed by atoms with Crippen molar-refractivity contribution in [1.82, 2.24) is 4.90 Å². The molecule has 4 nitrogen and oxygen atoms in total. The van der Waals surface area contributed by atoms with E-state index in [1.165, 1.54) is 5.56 Å². The lowest BCUT2D eigenvalue weighted by molar-refractivity contribution is -0.0000115. The summed E-state index contributed by atoms with van der Waals surface area (Å²) in [6.45, 7) is 6.96. The molecule has 0 bridgehead atoms. The Bertz CT molecular complexity index is 487. The van der Waals surface area contributed by atoms with Gasteiger partial charge in [0.05, 0.1) is 0 Å². The molecule has 0 saturated carbocycles. The summed E-state index contributed by atoms with van der Waals surface area (Å²) >= 11 is 0. The zero-order chi connectivity index (χ0) is 15.4. The molecule has 1 N–H and O–H groups in total. The van der Waals surface area contributed by atoms with Crippen molar-refractivity contribution in [2.75, 3.05) is 39.5 Å². The van der Waals surface area contributed by atoms with Crippen LogP contribution in [0.5, 0.6) is 5.75 Å². The number of rotatable bonds is 5. The highest BCUT2D eigenvalue weighted by molar-refractivity contribution is 5.27. The van der Waals surface area contributed by atoms with E-state index in [4.69, 9.17) is 9.47 Å². The molecule has 0 aliphatic carbocycles. The number of hydrogen-bond donors (Lipinski definition) is 1. The van der Waals surface area contributed by atoms with Crippen LogP contribution in [0.3, 0.4) is 0 Å². The summed E-state index contributed by atoms with van der Waals surface area (Å²) in [4.78, 5) is 2.38. The highest BCUT2D eigenvalue weighted by Gasteiger charge is 2.37. The third-order valence-electron chi connectivity index (χ3n) is 4.77. The van der Waals surface area contributed by atoms with Crippen LogP contribution in [0.25, 0.3) is 0 Å². The van der Waals surface area contributed by atoms with Crippen molar-refractivity contribution >= 4 is 0 Å². The summed E-state index contributed by atoms with van der Waals surface area (Å²) in [6, 6.07) is 8.00. The average Bonchev–Trinajstić information content (AvgIpc) is 2.88. The summed E-state index contributed by atoms with van der Waals surface area (Å²) < 4.78 is 11.2. The van der Waals surface area contributed by atoms with E-state index in [9.17, 15) is 5.11 Å². The van der Waals surface area contributed by atoms with Crippen LogP contribution in [0.2, 0.25) is 0 Å². The lowest BCUT2D eigenvalue weighted by Crippen LogP contribution is -2.40. The molecule has 2 fully saturated rings. The van der Waals surface area contributed by atoms with E-state index in [1.54, 1.807) is 0 Å². The van der Waals surface area contributed by atoms with Gasteiger partial charge in [0.2, 0.25) is 0 Å². The molecule has 122 valence electrons. The van der Waals surface area contributed by atoms with E-state index in [0.717, 1.165) is 57.9 Å². The molecule has 1 aromatic rings. The van der Waals surface area contributed by atoms with Gasteiger partial charge in [-0.15, -0.1) is 0 Å². The van der Waals surface area contributed by atoms with Crippen molar-refractivity contribution in [3.8, 4) is 5.75 Å². The molecule has 2 aliphatic heterocycles. The first-order valence-corrected chi connectivity index (χ1v) is 8.35. The Labute approximate surface area is 133 Å². The SMILES string of the molecule is Cc1cccc(OC[C@@]2(O)CCN(CC3CCOCC3)C2)c1. The van der Waals surface area contributed by atoms with E-state index >= 15 is 0 Å². The summed E-state index contributed by atoms with van der Waals surface area (Å²) in [7, 11) is 0. The zero-order valence-electron chi connectivity index (χ0n) is 13.5. The largest absolute Gasteiger partial charge is 0.491 e. The van der Waals surface area contributed by atoms with Gasteiger partial charge in [0.25, 0.3) is 0 Å². The van der Waals surface area contributed by atoms with Gasteiger partial charge in [0.1, 0.15) is 18.0 Å². The molecule has 0 amide bonds. The van der Waals surface area contributed by atoms with Gasteiger partial charge in [0.15, 0.2) is 0 Å². The lowest BCUT2D eigenvalue weighted by atomic mass is 10.00. The highest BCUT2D eigenvalue weighted by atomic mass is 16.5. The fourth-order valence-electron chi connectivity index (χ4n) is 3.43. The molecule has 0 unspecified atom stereocenters. The topological polar surface area (TPSA) is 41.9 Å². The Balaban J connectivity index is 1.47. The van der Waals surface area contributed by atoms with E-state index < -0.39 is 5.60 Å². The summed E-state index contributed by atoms with van der Waals surface area (Å²) in [6.07, 6.45) is 3.09. The predicted molar refractivity (Wildman–Crippen MR) is 86.2 cm³/mol. The van der Waals surface area contributed by atoms with Gasteiger partial charge in [-0.2, -0.15) is 0 Å². The van der Waals surface area contributed by atoms with Gasteiger partial charge in [-0.25, -0.2) is 0 Å². The summed E-state index contributed by atoms with van der Waals surface area (Å²) in [5.41, 5.74) is 0.464. The minimum absolute atomic E-state index is 0.376. The van der Waals surface area contributed by atoms with Gasteiger partial charge < -0.3 is 14.6 Å². The second-order valence-electron chi connectivity index (χ2n) is 6.87. The van der Waals surface area contributed by atoms with Crippen LogP contribution in [0.1, 0.15) is 24.8 Å². The minimum atomic E-state index is -0.713. The number of ether oxygens (including phenoxy) is 2. The van der Waals surface area contributed by atoms with Crippen molar-refractivity contribution in [3.05, 3.63) is 29.8 Å². The van der Waals surface area contributed by atoms with E-state index in [0.29, 0.717) is 12.5 Å². The first-order chi connectivity index (χ1) is 10.6. The lowest BCUT2D eigenvalue weighted by Gasteiger charge is -2.28. The molecule has 2 aliphatic rings. The van der Waals surface area contributed by atoms with Crippen LogP contribution in [0.4, 0.5) is 0 Å². The van der Waals surface area contributed by atoms with Gasteiger partial charge in [-0.1, -0.05) is 12.1 Å². The summed E-state index contributed by atoms with van der Waals surface area (Å²) in [5.74, 6) is 1.56. The molecular weight excluding hydrogens is 278 g/mol. The molecule has 1 aromatic carbocycles. The maximum Gasteiger partial charge on any atom is 0.119 e. The van der Waals surface area contributed by atoms with Crippen molar-refractivity contribution in [1.29, 1.82) is 0 Å². The van der Waals surface area contributed by atoms with Gasteiger partial charge in [0, 0.05) is 32.8 Å². The molecule has 22 heavy (non-hydrogen) atoms. The van der Waals surface area contributed by atoms with Crippen molar-refractivity contribution in [3.63, 3.8) is 0 Å². The Kier molecular flexibility index (Phi) is 5.01. The molecule has 4 heteroatoms. The maximum atomic E-state index is 10.7. The third-order valence-corrected chi connectivity index (χ3v) is 4.77. The Morgan fingerprint density at radius 1 is 1.36 bits per heavy atom. The Morgan fingerprint density at radius 2 is 2.18 bits per heavy atom. The van der Waals surface area contributed by atoms with Crippen molar-refractivity contribution in [2.24, 2.45) is 5.92 Å². The standard InChI is InChI=1S/C18H27NO3/c1-15-3-2-4-17(11-15)22-14-18(20)7-8-19(13-18)12-16-5-9-21-10-6-16/h2-4,11,16,20H,5-10,12-14H2,1H3/t18-/m1/s1. The number of benzene rings is 1. The quantitative estimate of drug-likeness (QED) is 0.906. The maximum absolute atomic E-state index is 10.7.